The number of allylic oxidation sites excluding steroid dienone is 1. The molecule has 0 unspecified atom stereocenters. The van der Waals surface area contributed by atoms with Gasteiger partial charge in [-0.1, -0.05) is 25.5 Å². The van der Waals surface area contributed by atoms with Crippen molar-refractivity contribution in [3.05, 3.63) is 30.4 Å². The molecular weight excluding hydrogens is 262 g/mol. The first-order chi connectivity index (χ1) is 10.3. The number of carbonyl (C=O) groups excluding carboxylic acids is 1. The number of rotatable bonds is 6. The number of hydrogen-bond donors (Lipinski definition) is 0. The molecule has 1 amide bonds. The third-order valence-electron chi connectivity index (χ3n) is 4.17. The van der Waals surface area contributed by atoms with Crippen LogP contribution in [0.15, 0.2) is 24.5 Å². The van der Waals surface area contributed by atoms with Crippen molar-refractivity contribution < 1.29 is 4.79 Å². The van der Waals surface area contributed by atoms with E-state index in [1.165, 1.54) is 12.8 Å². The third kappa shape index (κ3) is 4.19. The fourth-order valence-corrected chi connectivity index (χ4v) is 2.96. The van der Waals surface area contributed by atoms with E-state index in [4.69, 9.17) is 0 Å². The van der Waals surface area contributed by atoms with Gasteiger partial charge in [-0.25, -0.2) is 4.98 Å². The Morgan fingerprint density at radius 3 is 3.14 bits per heavy atom. The predicted molar refractivity (Wildman–Crippen MR) is 85.1 cm³/mol. The Morgan fingerprint density at radius 1 is 1.52 bits per heavy atom. The highest BCUT2D eigenvalue weighted by Crippen LogP contribution is 2.26. The van der Waals surface area contributed by atoms with Gasteiger partial charge in [0, 0.05) is 44.4 Å². The van der Waals surface area contributed by atoms with E-state index >= 15 is 0 Å². The van der Waals surface area contributed by atoms with Crippen molar-refractivity contribution in [2.24, 2.45) is 0 Å². The van der Waals surface area contributed by atoms with Crippen LogP contribution >= 0.6 is 0 Å². The summed E-state index contributed by atoms with van der Waals surface area (Å²) in [5, 5.41) is 0. The van der Waals surface area contributed by atoms with Crippen LogP contribution in [0.4, 0.5) is 0 Å². The predicted octanol–water partition coefficient (Wildman–Crippen LogP) is 3.36. The van der Waals surface area contributed by atoms with Crippen LogP contribution in [-0.2, 0) is 11.3 Å². The maximum Gasteiger partial charge on any atom is 0.226 e. The van der Waals surface area contributed by atoms with Crippen molar-refractivity contribution >= 4 is 5.91 Å². The van der Waals surface area contributed by atoms with Crippen molar-refractivity contribution in [2.45, 2.75) is 58.4 Å². The van der Waals surface area contributed by atoms with Gasteiger partial charge in [0.25, 0.3) is 0 Å². The average Bonchev–Trinajstić information content (AvgIpc) is 2.99. The molecule has 4 heteroatoms. The molecule has 2 rings (SSSR count). The van der Waals surface area contributed by atoms with Crippen LogP contribution < -0.4 is 0 Å². The maximum absolute atomic E-state index is 12.2. The van der Waals surface area contributed by atoms with E-state index in [1.54, 1.807) is 0 Å². The van der Waals surface area contributed by atoms with Crippen LogP contribution in [0.5, 0.6) is 0 Å². The van der Waals surface area contributed by atoms with E-state index < -0.39 is 0 Å². The molecule has 2 heterocycles. The standard InChI is InChI=1S/C17H27N3O/c1-3-5-9-16(21)20-12-7-8-15(14-20)17-18-10-13-19(17)11-6-4-2/h3,5,10,13,15H,4,6-9,11-12,14H2,1-2H3/b5-3+/t15-/m0/s1. The Hall–Kier alpha value is -1.58. The highest BCUT2D eigenvalue weighted by Gasteiger charge is 2.26. The zero-order valence-electron chi connectivity index (χ0n) is 13.3. The van der Waals surface area contributed by atoms with Gasteiger partial charge in [-0.2, -0.15) is 0 Å². The highest BCUT2D eigenvalue weighted by atomic mass is 16.2. The molecule has 0 bridgehead atoms. The van der Waals surface area contributed by atoms with E-state index in [2.05, 4.69) is 22.7 Å². The SMILES string of the molecule is C/C=C/CC(=O)N1CCC[C@H](c2nccn2CCCC)C1. The number of nitrogens with zero attached hydrogens (tertiary/aromatic N) is 3. The first kappa shape index (κ1) is 15.8. The topological polar surface area (TPSA) is 38.1 Å². The molecule has 4 nitrogen and oxygen atoms in total. The number of likely N-dealkylation sites (tertiary alicyclic amines) is 1. The summed E-state index contributed by atoms with van der Waals surface area (Å²) in [4.78, 5) is 18.7. The normalized spacial score (nSPS) is 19.3. The molecule has 116 valence electrons. The molecule has 1 aromatic heterocycles. The molecule has 21 heavy (non-hydrogen) atoms. The number of amides is 1. The van der Waals surface area contributed by atoms with Gasteiger partial charge < -0.3 is 9.47 Å². The molecule has 0 radical (unpaired) electrons. The minimum atomic E-state index is 0.240. The largest absolute Gasteiger partial charge is 0.342 e. The van der Waals surface area contributed by atoms with Gasteiger partial charge in [-0.15, -0.1) is 0 Å². The van der Waals surface area contributed by atoms with Gasteiger partial charge in [-0.3, -0.25) is 4.79 Å². The molecular formula is C17H27N3O. The van der Waals surface area contributed by atoms with E-state index in [1.807, 2.05) is 30.2 Å². The summed E-state index contributed by atoms with van der Waals surface area (Å²) in [6.07, 6.45) is 13.0. The minimum Gasteiger partial charge on any atom is -0.342 e. The Kier molecular flexibility index (Phi) is 6.03. The van der Waals surface area contributed by atoms with Gasteiger partial charge in [0.2, 0.25) is 5.91 Å². The minimum absolute atomic E-state index is 0.240. The summed E-state index contributed by atoms with van der Waals surface area (Å²) in [5.74, 6) is 1.79. The van der Waals surface area contributed by atoms with Gasteiger partial charge in [0.05, 0.1) is 0 Å². The second kappa shape index (κ2) is 8.01. The van der Waals surface area contributed by atoms with Gasteiger partial charge in [-0.05, 0) is 26.2 Å². The van der Waals surface area contributed by atoms with Crippen LogP contribution in [0.3, 0.4) is 0 Å². The summed E-state index contributed by atoms with van der Waals surface area (Å²) in [6.45, 7) is 6.91. The third-order valence-corrected chi connectivity index (χ3v) is 4.17. The van der Waals surface area contributed by atoms with Crippen LogP contribution in [0, 0.1) is 0 Å². The summed E-state index contributed by atoms with van der Waals surface area (Å²) < 4.78 is 2.27. The van der Waals surface area contributed by atoms with Crippen molar-refractivity contribution in [1.29, 1.82) is 0 Å². The number of hydrogen-bond acceptors (Lipinski definition) is 2. The smallest absolute Gasteiger partial charge is 0.226 e. The lowest BCUT2D eigenvalue weighted by Crippen LogP contribution is -2.39. The number of imidazole rings is 1. The molecule has 1 saturated heterocycles. The van der Waals surface area contributed by atoms with Crippen molar-refractivity contribution in [3.63, 3.8) is 0 Å². The fraction of sp³-hybridized carbons (Fsp3) is 0.647. The highest BCUT2D eigenvalue weighted by molar-refractivity contribution is 5.77. The number of piperidine rings is 1. The second-order valence-electron chi connectivity index (χ2n) is 5.78. The van der Waals surface area contributed by atoms with E-state index in [9.17, 15) is 4.79 Å². The number of carbonyl (C=O) groups is 1. The van der Waals surface area contributed by atoms with E-state index in [0.29, 0.717) is 12.3 Å². The van der Waals surface area contributed by atoms with Crippen LogP contribution in [0.25, 0.3) is 0 Å². The van der Waals surface area contributed by atoms with Crippen molar-refractivity contribution in [1.82, 2.24) is 14.5 Å². The summed E-state index contributed by atoms with van der Waals surface area (Å²) in [6, 6.07) is 0. The lowest BCUT2D eigenvalue weighted by atomic mass is 9.96. The maximum atomic E-state index is 12.2. The van der Waals surface area contributed by atoms with Crippen LogP contribution in [0.1, 0.15) is 57.7 Å². The molecule has 1 aromatic rings. The van der Waals surface area contributed by atoms with Crippen molar-refractivity contribution in [2.75, 3.05) is 13.1 Å². The number of aromatic nitrogens is 2. The van der Waals surface area contributed by atoms with E-state index in [-0.39, 0.29) is 5.91 Å². The summed E-state index contributed by atoms with van der Waals surface area (Å²) in [7, 11) is 0. The van der Waals surface area contributed by atoms with Gasteiger partial charge in [0.15, 0.2) is 0 Å². The zero-order chi connectivity index (χ0) is 15.1. The molecule has 1 aliphatic rings. The van der Waals surface area contributed by atoms with Crippen LogP contribution in [0.2, 0.25) is 0 Å². The number of aryl methyl sites for hydroxylation is 1. The first-order valence-corrected chi connectivity index (χ1v) is 8.16. The van der Waals surface area contributed by atoms with Crippen molar-refractivity contribution in [3.8, 4) is 0 Å². The Bertz CT molecular complexity index is 478. The molecule has 0 saturated carbocycles. The first-order valence-electron chi connectivity index (χ1n) is 8.16. The average molecular weight is 289 g/mol. The summed E-state index contributed by atoms with van der Waals surface area (Å²) in [5.41, 5.74) is 0. The lowest BCUT2D eigenvalue weighted by molar-refractivity contribution is -0.131. The molecule has 0 spiro atoms. The molecule has 1 aliphatic heterocycles. The monoisotopic (exact) mass is 289 g/mol. The zero-order valence-corrected chi connectivity index (χ0v) is 13.3. The summed E-state index contributed by atoms with van der Waals surface area (Å²) >= 11 is 0. The molecule has 0 aromatic carbocycles. The molecule has 1 atom stereocenters. The van der Waals surface area contributed by atoms with Gasteiger partial charge in [0.1, 0.15) is 5.82 Å². The quantitative estimate of drug-likeness (QED) is 0.753. The number of unbranched alkanes of at least 4 members (excludes halogenated alkanes) is 1. The Balaban J connectivity index is 2.00. The molecule has 0 aliphatic carbocycles. The fourth-order valence-electron chi connectivity index (χ4n) is 2.96. The Labute approximate surface area is 127 Å². The Morgan fingerprint density at radius 2 is 2.38 bits per heavy atom. The van der Waals surface area contributed by atoms with Crippen LogP contribution in [-0.4, -0.2) is 33.4 Å². The van der Waals surface area contributed by atoms with E-state index in [0.717, 1.165) is 38.3 Å². The second-order valence-corrected chi connectivity index (χ2v) is 5.78. The molecule has 0 N–H and O–H groups in total. The lowest BCUT2D eigenvalue weighted by Gasteiger charge is -2.32. The van der Waals surface area contributed by atoms with Gasteiger partial charge >= 0.3 is 0 Å². The molecule has 1 fully saturated rings.